The fourth-order valence-corrected chi connectivity index (χ4v) is 1.98. The van der Waals surface area contributed by atoms with Crippen LogP contribution in [0, 0.1) is 5.82 Å². The standard InChI is InChI=1S/C15H14ClFN2O4/c16-11-7-10(1-2-12(11)17)19-15(22)14(21)18-5-3-13(20)9-4-6-23-8-9/h1-2,4,6-8,13,20H,3,5H2,(H,18,21)(H,19,22)/t13-/m0/s1. The lowest BCUT2D eigenvalue weighted by Crippen LogP contribution is -2.36. The molecule has 0 saturated heterocycles. The van der Waals surface area contributed by atoms with Crippen LogP contribution in [-0.2, 0) is 9.59 Å². The lowest BCUT2D eigenvalue weighted by molar-refractivity contribution is -0.136. The van der Waals surface area contributed by atoms with E-state index in [0.29, 0.717) is 5.56 Å². The lowest BCUT2D eigenvalue weighted by atomic mass is 10.1. The second kappa shape index (κ2) is 7.75. The van der Waals surface area contributed by atoms with E-state index in [1.54, 1.807) is 6.07 Å². The highest BCUT2D eigenvalue weighted by molar-refractivity contribution is 6.39. The van der Waals surface area contributed by atoms with Crippen LogP contribution < -0.4 is 10.6 Å². The second-order valence-corrected chi connectivity index (χ2v) is 5.11. The summed E-state index contributed by atoms with van der Waals surface area (Å²) >= 11 is 5.58. The molecule has 0 spiro atoms. The van der Waals surface area contributed by atoms with E-state index >= 15 is 0 Å². The molecule has 1 aromatic carbocycles. The molecule has 0 saturated carbocycles. The first-order chi connectivity index (χ1) is 11.0. The first-order valence-electron chi connectivity index (χ1n) is 6.72. The van der Waals surface area contributed by atoms with Crippen molar-refractivity contribution in [1.82, 2.24) is 5.32 Å². The van der Waals surface area contributed by atoms with Crippen molar-refractivity contribution in [1.29, 1.82) is 0 Å². The van der Waals surface area contributed by atoms with Gasteiger partial charge in [-0.2, -0.15) is 0 Å². The Balaban J connectivity index is 1.78. The minimum absolute atomic E-state index is 0.1000. The Labute approximate surface area is 136 Å². The molecule has 2 amide bonds. The van der Waals surface area contributed by atoms with E-state index in [0.717, 1.165) is 6.07 Å². The number of furan rings is 1. The maximum atomic E-state index is 13.0. The molecule has 0 aliphatic heterocycles. The number of hydrogen-bond acceptors (Lipinski definition) is 4. The van der Waals surface area contributed by atoms with Crippen LogP contribution in [0.3, 0.4) is 0 Å². The Morgan fingerprint density at radius 2 is 2.09 bits per heavy atom. The lowest BCUT2D eigenvalue weighted by Gasteiger charge is -2.10. The highest BCUT2D eigenvalue weighted by atomic mass is 35.5. The Morgan fingerprint density at radius 1 is 1.30 bits per heavy atom. The first kappa shape index (κ1) is 17.0. The van der Waals surface area contributed by atoms with Crippen LogP contribution in [0.15, 0.2) is 41.2 Å². The van der Waals surface area contributed by atoms with E-state index in [9.17, 15) is 19.1 Å². The summed E-state index contributed by atoms with van der Waals surface area (Å²) in [6, 6.07) is 5.17. The summed E-state index contributed by atoms with van der Waals surface area (Å²) in [6.45, 7) is 0.1000. The summed E-state index contributed by atoms with van der Waals surface area (Å²) in [4.78, 5) is 23.3. The Morgan fingerprint density at radius 3 is 2.74 bits per heavy atom. The molecular formula is C15H14ClFN2O4. The summed E-state index contributed by atoms with van der Waals surface area (Å²) in [5, 5.41) is 14.3. The molecule has 23 heavy (non-hydrogen) atoms. The molecule has 0 bridgehead atoms. The van der Waals surface area contributed by atoms with E-state index in [2.05, 4.69) is 10.6 Å². The summed E-state index contributed by atoms with van der Waals surface area (Å²) in [5.41, 5.74) is 0.791. The van der Waals surface area contributed by atoms with Crippen molar-refractivity contribution < 1.29 is 23.5 Å². The maximum absolute atomic E-state index is 13.0. The number of anilines is 1. The number of halogens is 2. The SMILES string of the molecule is O=C(NCC[C@H](O)c1ccoc1)C(=O)Nc1ccc(F)c(Cl)c1. The average Bonchev–Trinajstić information content (AvgIpc) is 3.05. The molecule has 8 heteroatoms. The van der Waals surface area contributed by atoms with Crippen molar-refractivity contribution in [3.8, 4) is 0 Å². The minimum Gasteiger partial charge on any atom is -0.472 e. The van der Waals surface area contributed by atoms with Gasteiger partial charge in [0.15, 0.2) is 0 Å². The second-order valence-electron chi connectivity index (χ2n) is 4.70. The van der Waals surface area contributed by atoms with Crippen LogP contribution in [-0.4, -0.2) is 23.5 Å². The quantitative estimate of drug-likeness (QED) is 0.728. The molecule has 2 rings (SSSR count). The molecule has 122 valence electrons. The Bertz CT molecular complexity index is 691. The van der Waals surface area contributed by atoms with Crippen molar-refractivity contribution >= 4 is 29.1 Å². The van der Waals surface area contributed by atoms with Crippen molar-refractivity contribution in [2.45, 2.75) is 12.5 Å². The van der Waals surface area contributed by atoms with E-state index in [1.807, 2.05) is 0 Å². The first-order valence-corrected chi connectivity index (χ1v) is 7.09. The van der Waals surface area contributed by atoms with Crippen molar-refractivity contribution in [2.24, 2.45) is 0 Å². The molecule has 1 heterocycles. The van der Waals surface area contributed by atoms with Gasteiger partial charge in [0.1, 0.15) is 5.82 Å². The summed E-state index contributed by atoms with van der Waals surface area (Å²) in [6.07, 6.45) is 2.25. The highest BCUT2D eigenvalue weighted by Crippen LogP contribution is 2.19. The highest BCUT2D eigenvalue weighted by Gasteiger charge is 2.15. The fourth-order valence-electron chi connectivity index (χ4n) is 1.80. The van der Waals surface area contributed by atoms with Gasteiger partial charge in [0.05, 0.1) is 23.7 Å². The topological polar surface area (TPSA) is 91.6 Å². The van der Waals surface area contributed by atoms with Crippen LogP contribution >= 0.6 is 11.6 Å². The zero-order valence-electron chi connectivity index (χ0n) is 11.9. The number of aliphatic hydroxyl groups is 1. The third-order valence-corrected chi connectivity index (χ3v) is 3.30. The average molecular weight is 341 g/mol. The molecule has 6 nitrogen and oxygen atoms in total. The number of benzene rings is 1. The summed E-state index contributed by atoms with van der Waals surface area (Å²) < 4.78 is 17.8. The van der Waals surface area contributed by atoms with Crippen molar-refractivity contribution in [2.75, 3.05) is 11.9 Å². The van der Waals surface area contributed by atoms with Gasteiger partial charge in [0.25, 0.3) is 0 Å². The minimum atomic E-state index is -0.912. The van der Waals surface area contributed by atoms with Crippen molar-refractivity contribution in [3.63, 3.8) is 0 Å². The number of nitrogens with one attached hydrogen (secondary N) is 2. The molecule has 3 N–H and O–H groups in total. The van der Waals surface area contributed by atoms with Crippen LogP contribution in [0.25, 0.3) is 0 Å². The number of aliphatic hydroxyl groups excluding tert-OH is 1. The molecule has 1 aromatic heterocycles. The third-order valence-electron chi connectivity index (χ3n) is 3.01. The zero-order chi connectivity index (χ0) is 16.8. The predicted octanol–water partition coefficient (Wildman–Crippen LogP) is 2.25. The van der Waals surface area contributed by atoms with Gasteiger partial charge in [0, 0.05) is 17.8 Å². The molecule has 0 aliphatic carbocycles. The van der Waals surface area contributed by atoms with E-state index in [-0.39, 0.29) is 23.7 Å². The molecule has 2 aromatic rings. The van der Waals surface area contributed by atoms with Gasteiger partial charge in [-0.3, -0.25) is 9.59 Å². The van der Waals surface area contributed by atoms with Gasteiger partial charge in [-0.05, 0) is 30.7 Å². The number of carbonyl (C=O) groups is 2. The van der Waals surface area contributed by atoms with Crippen LogP contribution in [0.4, 0.5) is 10.1 Å². The number of rotatable bonds is 5. The van der Waals surface area contributed by atoms with Gasteiger partial charge in [0.2, 0.25) is 0 Å². The van der Waals surface area contributed by atoms with E-state index < -0.39 is 23.7 Å². The van der Waals surface area contributed by atoms with Gasteiger partial charge in [-0.1, -0.05) is 11.6 Å². The summed E-state index contributed by atoms with van der Waals surface area (Å²) in [7, 11) is 0. The molecular weight excluding hydrogens is 327 g/mol. The number of hydrogen-bond donors (Lipinski definition) is 3. The molecule has 1 atom stereocenters. The van der Waals surface area contributed by atoms with E-state index in [4.69, 9.17) is 16.0 Å². The largest absolute Gasteiger partial charge is 0.472 e. The molecule has 0 aliphatic rings. The Hall–Kier alpha value is -2.38. The normalized spacial score (nSPS) is 11.8. The zero-order valence-corrected chi connectivity index (χ0v) is 12.6. The van der Waals surface area contributed by atoms with Crippen LogP contribution in [0.5, 0.6) is 0 Å². The Kier molecular flexibility index (Phi) is 5.72. The van der Waals surface area contributed by atoms with Crippen molar-refractivity contribution in [3.05, 3.63) is 53.2 Å². The van der Waals surface area contributed by atoms with Gasteiger partial charge < -0.3 is 20.2 Å². The fraction of sp³-hybridized carbons (Fsp3) is 0.200. The smallest absolute Gasteiger partial charge is 0.313 e. The van der Waals surface area contributed by atoms with Gasteiger partial charge in [-0.15, -0.1) is 0 Å². The molecule has 0 unspecified atom stereocenters. The van der Waals surface area contributed by atoms with Crippen LogP contribution in [0.2, 0.25) is 5.02 Å². The maximum Gasteiger partial charge on any atom is 0.313 e. The van der Waals surface area contributed by atoms with Gasteiger partial charge >= 0.3 is 11.8 Å². The molecule has 0 radical (unpaired) electrons. The van der Waals surface area contributed by atoms with Crippen LogP contribution in [0.1, 0.15) is 18.1 Å². The molecule has 0 fully saturated rings. The predicted molar refractivity (Wildman–Crippen MR) is 81.3 cm³/mol. The third kappa shape index (κ3) is 4.80. The number of carbonyl (C=O) groups excluding carboxylic acids is 2. The monoisotopic (exact) mass is 340 g/mol. The van der Waals surface area contributed by atoms with Gasteiger partial charge in [-0.25, -0.2) is 4.39 Å². The number of amides is 2. The summed E-state index contributed by atoms with van der Waals surface area (Å²) in [5.74, 6) is -2.40. The van der Waals surface area contributed by atoms with E-state index in [1.165, 1.54) is 24.7 Å².